The summed E-state index contributed by atoms with van der Waals surface area (Å²) in [6.07, 6.45) is 0. The molecule has 19 heavy (non-hydrogen) atoms. The third-order valence-electron chi connectivity index (χ3n) is 2.22. The van der Waals surface area contributed by atoms with Gasteiger partial charge in [0.1, 0.15) is 6.61 Å². The van der Waals surface area contributed by atoms with E-state index in [2.05, 4.69) is 10.6 Å². The van der Waals surface area contributed by atoms with Gasteiger partial charge >= 0.3 is 12.0 Å². The average molecular weight is 287 g/mol. The number of aryl methyl sites for hydroxylation is 1. The summed E-state index contributed by atoms with van der Waals surface area (Å²) in [6, 6.07) is 4.88. The standard InChI is InChI=1S/C12H15ClN2O4/c1-8-3-2-4-9(13)11(8)15-12(18)14-5-6-19-7-10(16)17/h2-4H,5-7H2,1H3,(H,16,17)(H2,14,15,18). The molecular weight excluding hydrogens is 272 g/mol. The summed E-state index contributed by atoms with van der Waals surface area (Å²) in [7, 11) is 0. The number of carbonyl (C=O) groups is 2. The number of carboxylic acid groups (broad SMARTS) is 1. The van der Waals surface area contributed by atoms with Gasteiger partial charge in [0.25, 0.3) is 0 Å². The second-order valence-corrected chi connectivity index (χ2v) is 4.17. The molecule has 0 spiro atoms. The summed E-state index contributed by atoms with van der Waals surface area (Å²) in [5.74, 6) is -1.05. The number of ether oxygens (including phenoxy) is 1. The van der Waals surface area contributed by atoms with Crippen molar-refractivity contribution in [3.05, 3.63) is 28.8 Å². The Labute approximate surface area is 115 Å². The van der Waals surface area contributed by atoms with E-state index in [1.165, 1.54) is 0 Å². The lowest BCUT2D eigenvalue weighted by Gasteiger charge is -2.11. The highest BCUT2D eigenvalue weighted by atomic mass is 35.5. The number of nitrogens with one attached hydrogen (secondary N) is 2. The number of hydrogen-bond acceptors (Lipinski definition) is 3. The Balaban J connectivity index is 2.33. The Morgan fingerprint density at radius 3 is 2.79 bits per heavy atom. The number of carbonyl (C=O) groups excluding carboxylic acids is 1. The second kappa shape index (κ2) is 7.60. The first-order valence-corrected chi connectivity index (χ1v) is 5.98. The highest BCUT2D eigenvalue weighted by Gasteiger charge is 2.07. The van der Waals surface area contributed by atoms with Crippen LogP contribution in [-0.2, 0) is 9.53 Å². The number of anilines is 1. The molecule has 6 nitrogen and oxygen atoms in total. The van der Waals surface area contributed by atoms with Crippen molar-refractivity contribution in [2.24, 2.45) is 0 Å². The summed E-state index contributed by atoms with van der Waals surface area (Å²) in [6.45, 7) is 1.79. The number of urea groups is 1. The van der Waals surface area contributed by atoms with Crippen molar-refractivity contribution in [1.29, 1.82) is 0 Å². The Morgan fingerprint density at radius 1 is 1.42 bits per heavy atom. The lowest BCUT2D eigenvalue weighted by molar-refractivity contribution is -0.142. The van der Waals surface area contributed by atoms with E-state index in [0.29, 0.717) is 10.7 Å². The molecule has 104 valence electrons. The Kier molecular flexibility index (Phi) is 6.11. The number of benzene rings is 1. The van der Waals surface area contributed by atoms with Gasteiger partial charge in [-0.25, -0.2) is 9.59 Å². The molecule has 0 aliphatic rings. The van der Waals surface area contributed by atoms with Crippen molar-refractivity contribution in [3.63, 3.8) is 0 Å². The number of hydrogen-bond donors (Lipinski definition) is 3. The van der Waals surface area contributed by atoms with Crippen LogP contribution in [0.15, 0.2) is 18.2 Å². The maximum absolute atomic E-state index is 11.6. The van der Waals surface area contributed by atoms with E-state index in [0.717, 1.165) is 5.56 Å². The van der Waals surface area contributed by atoms with Crippen LogP contribution in [0.3, 0.4) is 0 Å². The molecule has 0 saturated carbocycles. The van der Waals surface area contributed by atoms with Crippen LogP contribution in [0.25, 0.3) is 0 Å². The molecule has 1 rings (SSSR count). The first-order chi connectivity index (χ1) is 9.00. The van der Waals surface area contributed by atoms with E-state index < -0.39 is 12.0 Å². The molecule has 0 saturated heterocycles. The molecule has 0 bridgehead atoms. The number of para-hydroxylation sites is 1. The second-order valence-electron chi connectivity index (χ2n) is 3.76. The highest BCUT2D eigenvalue weighted by Crippen LogP contribution is 2.24. The number of halogens is 1. The van der Waals surface area contributed by atoms with E-state index >= 15 is 0 Å². The van der Waals surface area contributed by atoms with Crippen molar-refractivity contribution < 1.29 is 19.4 Å². The minimum absolute atomic E-state index is 0.126. The van der Waals surface area contributed by atoms with Crippen molar-refractivity contribution in [3.8, 4) is 0 Å². The first-order valence-electron chi connectivity index (χ1n) is 5.60. The number of carboxylic acids is 1. The van der Waals surface area contributed by atoms with E-state index in [4.69, 9.17) is 21.4 Å². The maximum Gasteiger partial charge on any atom is 0.329 e. The smallest absolute Gasteiger partial charge is 0.329 e. The zero-order valence-electron chi connectivity index (χ0n) is 10.4. The van der Waals surface area contributed by atoms with Gasteiger partial charge < -0.3 is 20.5 Å². The minimum atomic E-state index is -1.05. The SMILES string of the molecule is Cc1cccc(Cl)c1NC(=O)NCCOCC(=O)O. The predicted molar refractivity (Wildman–Crippen MR) is 71.7 cm³/mol. The molecule has 0 aliphatic heterocycles. The predicted octanol–water partition coefficient (Wildman–Crippen LogP) is 1.87. The Morgan fingerprint density at radius 2 is 2.16 bits per heavy atom. The Hall–Kier alpha value is -1.79. The summed E-state index contributed by atoms with van der Waals surface area (Å²) in [5.41, 5.74) is 1.40. The highest BCUT2D eigenvalue weighted by molar-refractivity contribution is 6.33. The third-order valence-corrected chi connectivity index (χ3v) is 2.53. The van der Waals surface area contributed by atoms with Crippen LogP contribution >= 0.6 is 11.6 Å². The lowest BCUT2D eigenvalue weighted by Crippen LogP contribution is -2.32. The van der Waals surface area contributed by atoms with Gasteiger partial charge in [-0.3, -0.25) is 0 Å². The molecule has 0 aromatic heterocycles. The van der Waals surface area contributed by atoms with Gasteiger partial charge in [0, 0.05) is 6.54 Å². The van der Waals surface area contributed by atoms with Gasteiger partial charge in [-0.05, 0) is 18.6 Å². The minimum Gasteiger partial charge on any atom is -0.480 e. The van der Waals surface area contributed by atoms with Crippen LogP contribution in [0.2, 0.25) is 5.02 Å². The molecule has 3 N–H and O–H groups in total. The van der Waals surface area contributed by atoms with Gasteiger partial charge in [0.05, 0.1) is 17.3 Å². The zero-order valence-corrected chi connectivity index (χ0v) is 11.2. The normalized spacial score (nSPS) is 10.0. The van der Waals surface area contributed by atoms with Gasteiger partial charge in [-0.15, -0.1) is 0 Å². The van der Waals surface area contributed by atoms with E-state index in [-0.39, 0.29) is 19.8 Å². The van der Waals surface area contributed by atoms with Crippen LogP contribution in [0.1, 0.15) is 5.56 Å². The third kappa shape index (κ3) is 5.58. The summed E-state index contributed by atoms with van der Waals surface area (Å²) in [4.78, 5) is 21.7. The molecule has 1 aromatic rings. The lowest BCUT2D eigenvalue weighted by atomic mass is 10.2. The number of aliphatic carboxylic acids is 1. The van der Waals surface area contributed by atoms with Crippen molar-refractivity contribution in [1.82, 2.24) is 5.32 Å². The monoisotopic (exact) mass is 286 g/mol. The quantitative estimate of drug-likeness (QED) is 0.697. The van der Waals surface area contributed by atoms with Crippen LogP contribution in [0, 0.1) is 6.92 Å². The topological polar surface area (TPSA) is 87.7 Å². The molecular formula is C12H15ClN2O4. The van der Waals surface area contributed by atoms with Gasteiger partial charge in [-0.1, -0.05) is 23.7 Å². The van der Waals surface area contributed by atoms with E-state index in [1.54, 1.807) is 12.1 Å². The molecule has 0 unspecified atom stereocenters. The largest absolute Gasteiger partial charge is 0.480 e. The fourth-order valence-corrected chi connectivity index (χ4v) is 1.61. The van der Waals surface area contributed by atoms with Crippen molar-refractivity contribution in [2.45, 2.75) is 6.92 Å². The molecule has 7 heteroatoms. The van der Waals surface area contributed by atoms with Gasteiger partial charge in [0.15, 0.2) is 0 Å². The first kappa shape index (κ1) is 15.3. The molecule has 0 aliphatic carbocycles. The maximum atomic E-state index is 11.6. The average Bonchev–Trinajstić information content (AvgIpc) is 2.33. The molecule has 0 heterocycles. The molecule has 1 aromatic carbocycles. The zero-order chi connectivity index (χ0) is 14.3. The molecule has 0 radical (unpaired) electrons. The summed E-state index contributed by atoms with van der Waals surface area (Å²) < 4.78 is 4.78. The van der Waals surface area contributed by atoms with Crippen LogP contribution in [0.4, 0.5) is 10.5 Å². The van der Waals surface area contributed by atoms with E-state index in [9.17, 15) is 9.59 Å². The molecule has 2 amide bonds. The van der Waals surface area contributed by atoms with Gasteiger partial charge in [-0.2, -0.15) is 0 Å². The van der Waals surface area contributed by atoms with Crippen LogP contribution in [0.5, 0.6) is 0 Å². The summed E-state index contributed by atoms with van der Waals surface area (Å²) >= 11 is 5.96. The fourth-order valence-electron chi connectivity index (χ4n) is 1.34. The van der Waals surface area contributed by atoms with Crippen LogP contribution < -0.4 is 10.6 Å². The van der Waals surface area contributed by atoms with Crippen molar-refractivity contribution >= 4 is 29.3 Å². The molecule has 0 atom stereocenters. The summed E-state index contributed by atoms with van der Waals surface area (Å²) in [5, 5.41) is 14.0. The van der Waals surface area contributed by atoms with Gasteiger partial charge in [0.2, 0.25) is 0 Å². The fraction of sp³-hybridized carbons (Fsp3) is 0.333. The van der Waals surface area contributed by atoms with Crippen molar-refractivity contribution in [2.75, 3.05) is 25.1 Å². The Bertz CT molecular complexity index is 445. The molecule has 0 fully saturated rings. The number of rotatable bonds is 6. The van der Waals surface area contributed by atoms with E-state index in [1.807, 2.05) is 13.0 Å². The van der Waals surface area contributed by atoms with Crippen LogP contribution in [-0.4, -0.2) is 36.9 Å². The number of amides is 2.